The van der Waals surface area contributed by atoms with Crippen LogP contribution >= 0.6 is 0 Å². The number of aliphatic hydroxyl groups is 2. The molecule has 2 saturated heterocycles. The van der Waals surface area contributed by atoms with Crippen LogP contribution in [-0.4, -0.2) is 145 Å². The second-order valence-corrected chi connectivity index (χ2v) is 17.0. The van der Waals surface area contributed by atoms with Crippen molar-refractivity contribution >= 4 is 29.4 Å². The highest BCUT2D eigenvalue weighted by atomic mass is 16.7. The van der Waals surface area contributed by atoms with Gasteiger partial charge in [0.1, 0.15) is 30.6 Å². The van der Waals surface area contributed by atoms with Crippen LogP contribution in [0.15, 0.2) is 36.0 Å². The number of esters is 1. The molecule has 3 aliphatic heterocycles. The second-order valence-electron chi connectivity index (χ2n) is 17.0. The second kappa shape index (κ2) is 22.7. The van der Waals surface area contributed by atoms with E-state index >= 15 is 0 Å². The van der Waals surface area contributed by atoms with Crippen LogP contribution in [0.4, 0.5) is 0 Å². The molecule has 1 saturated carbocycles. The van der Waals surface area contributed by atoms with Crippen LogP contribution in [0.25, 0.3) is 0 Å². The van der Waals surface area contributed by atoms with E-state index in [1.54, 1.807) is 19.9 Å². The number of nitrogens with two attached hydrogens (primary N) is 1. The number of carboxylic acids is 1. The van der Waals surface area contributed by atoms with E-state index in [0.29, 0.717) is 63.4 Å². The van der Waals surface area contributed by atoms with Gasteiger partial charge in [0.05, 0.1) is 36.6 Å². The number of methoxy groups -OCH3 is 3. The summed E-state index contributed by atoms with van der Waals surface area (Å²) in [6.07, 6.45) is 4.15. The first kappa shape index (κ1) is 49.3. The van der Waals surface area contributed by atoms with Gasteiger partial charge in [0.15, 0.2) is 0 Å². The number of carboxylic acid groups (broad SMARTS) is 1. The Labute approximate surface area is 353 Å². The highest BCUT2D eigenvalue weighted by Gasteiger charge is 2.56. The molecule has 4 rings (SSSR count). The lowest BCUT2D eigenvalue weighted by atomic mass is 9.82. The zero-order chi connectivity index (χ0) is 44.3. The Morgan fingerprint density at radius 3 is 2.35 bits per heavy atom. The quantitative estimate of drug-likeness (QED) is 0.141. The summed E-state index contributed by atoms with van der Waals surface area (Å²) in [5, 5.41) is 32.7. The number of ketones is 2. The molecule has 4 aliphatic rings. The maximum atomic E-state index is 14.3. The van der Waals surface area contributed by atoms with Gasteiger partial charge in [-0.25, -0.2) is 9.59 Å². The molecular formula is C44H68N2O14. The van der Waals surface area contributed by atoms with Crippen molar-refractivity contribution in [3.8, 4) is 0 Å². The number of carbonyl (C=O) groups is 5. The predicted molar refractivity (Wildman–Crippen MR) is 218 cm³/mol. The highest BCUT2D eigenvalue weighted by molar-refractivity contribution is 6.39. The van der Waals surface area contributed by atoms with Gasteiger partial charge in [-0.3, -0.25) is 14.4 Å². The largest absolute Gasteiger partial charge is 0.480 e. The van der Waals surface area contributed by atoms with E-state index in [1.165, 1.54) is 21.3 Å². The third-order valence-electron chi connectivity index (χ3n) is 12.7. The molecule has 60 heavy (non-hydrogen) atoms. The monoisotopic (exact) mass is 848 g/mol. The van der Waals surface area contributed by atoms with E-state index in [-0.39, 0.29) is 37.5 Å². The molecule has 3 fully saturated rings. The summed E-state index contributed by atoms with van der Waals surface area (Å²) in [5.74, 6) is -8.68. The van der Waals surface area contributed by atoms with Crippen molar-refractivity contribution in [2.75, 3.05) is 34.5 Å². The van der Waals surface area contributed by atoms with Gasteiger partial charge in [-0.15, -0.1) is 6.58 Å². The van der Waals surface area contributed by atoms with Gasteiger partial charge in [-0.05, 0) is 96.0 Å². The van der Waals surface area contributed by atoms with Crippen LogP contribution < -0.4 is 5.73 Å². The number of amides is 1. The summed E-state index contributed by atoms with van der Waals surface area (Å²) in [4.78, 5) is 68.8. The molecule has 3 heterocycles. The molecular weight excluding hydrogens is 780 g/mol. The van der Waals surface area contributed by atoms with E-state index in [0.717, 1.165) is 10.5 Å². The number of rotatable bonds is 10. The molecule has 0 aromatic heterocycles. The average molecular weight is 849 g/mol. The number of aliphatic carboxylic acids is 1. The number of cyclic esters (lactones) is 1. The van der Waals surface area contributed by atoms with E-state index in [4.69, 9.17) is 39.3 Å². The van der Waals surface area contributed by atoms with Crippen LogP contribution in [0.1, 0.15) is 97.8 Å². The molecule has 1 unspecified atom stereocenters. The standard InChI is InChI=1S/C44H68N2O14/c1-8-12-29-19-25(2)13-11-15-34(55-5)40-36(57-7)21-27(4)44(54,60-40)41(51)42(52)46-18-10-9-14-30(46)43(53)59-39(38(45)32(48)23-31(29)47)26(3)20-28-16-17-33(35(22-28)56-6)58-24-37(49)50/h8,19-20,27-30,32-36,38-40,48,54H,1,9-18,21-24,45H2,2-7H3,(H,49,50)/b25-19+,26-20+/t27-,28?,29-,30+,32+,33-,34+,35-,36+,38-,39-,40-,44-/m1/s1. The van der Waals surface area contributed by atoms with Gasteiger partial charge in [-0.2, -0.15) is 0 Å². The number of carbonyl (C=O) groups excluding carboxylic acids is 4. The van der Waals surface area contributed by atoms with Crippen molar-refractivity contribution in [2.45, 2.75) is 158 Å². The Balaban J connectivity index is 1.73. The van der Waals surface area contributed by atoms with Gasteiger partial charge in [0, 0.05) is 46.1 Å². The first-order valence-corrected chi connectivity index (χ1v) is 21.3. The molecule has 0 radical (unpaired) electrons. The Morgan fingerprint density at radius 1 is 1.00 bits per heavy atom. The summed E-state index contributed by atoms with van der Waals surface area (Å²) in [6.45, 7) is 8.62. The summed E-state index contributed by atoms with van der Waals surface area (Å²) < 4.78 is 35.2. The molecule has 16 nitrogen and oxygen atoms in total. The maximum Gasteiger partial charge on any atom is 0.329 e. The van der Waals surface area contributed by atoms with E-state index in [2.05, 4.69) is 6.58 Å². The molecule has 2 bridgehead atoms. The lowest BCUT2D eigenvalue weighted by Crippen LogP contribution is -2.64. The molecule has 338 valence electrons. The molecule has 0 aromatic rings. The Bertz CT molecular complexity index is 1580. The predicted octanol–water partition coefficient (Wildman–Crippen LogP) is 3.19. The number of allylic oxidation sites excluding steroid dienone is 4. The minimum atomic E-state index is -2.54. The molecule has 13 atom stereocenters. The molecule has 16 heteroatoms. The first-order valence-electron chi connectivity index (χ1n) is 21.3. The van der Waals surface area contributed by atoms with Gasteiger partial charge >= 0.3 is 11.9 Å². The molecule has 0 spiro atoms. The van der Waals surface area contributed by atoms with Crippen LogP contribution in [0.2, 0.25) is 0 Å². The third-order valence-corrected chi connectivity index (χ3v) is 12.7. The van der Waals surface area contributed by atoms with Crippen LogP contribution in [0.3, 0.4) is 0 Å². The topological polar surface area (TPSA) is 231 Å². The molecule has 5 N–H and O–H groups in total. The van der Waals surface area contributed by atoms with Gasteiger partial charge < -0.3 is 54.4 Å². The van der Waals surface area contributed by atoms with E-state index < -0.39 is 103 Å². The van der Waals surface area contributed by atoms with Crippen LogP contribution in [-0.2, 0) is 52.4 Å². The van der Waals surface area contributed by atoms with Crippen molar-refractivity contribution in [3.05, 3.63) is 36.0 Å². The summed E-state index contributed by atoms with van der Waals surface area (Å²) in [6, 6.07) is -2.51. The van der Waals surface area contributed by atoms with Gasteiger partial charge in [0.2, 0.25) is 5.79 Å². The van der Waals surface area contributed by atoms with Crippen molar-refractivity contribution < 1.29 is 67.7 Å². The molecule has 1 amide bonds. The SMILES string of the molecule is C=CC[C@@H]1/C=C(\C)CCC[C@H](OC)[C@H]2O[C@@](O)(C(=O)C(=O)N3CCCC[C@H]3C(=O)O[C@H](/C(C)=C/C3CC[C@@H](OCC(=O)O)[C@H](OC)C3)[C@H](N)[C@@H](O)CC1=O)[C@H](C)C[C@@H]2OC. The van der Waals surface area contributed by atoms with Crippen molar-refractivity contribution in [3.63, 3.8) is 0 Å². The average Bonchev–Trinajstić information content (AvgIpc) is 3.23. The zero-order valence-electron chi connectivity index (χ0n) is 36.1. The summed E-state index contributed by atoms with van der Waals surface area (Å²) in [5.41, 5.74) is 8.14. The fourth-order valence-corrected chi connectivity index (χ4v) is 9.21. The fourth-order valence-electron chi connectivity index (χ4n) is 9.21. The van der Waals surface area contributed by atoms with E-state index in [1.807, 2.05) is 19.1 Å². The first-order chi connectivity index (χ1) is 28.5. The number of Topliss-reactive ketones (excluding diaryl/α,β-unsaturated/α-hetero) is 2. The van der Waals surface area contributed by atoms with Crippen molar-refractivity contribution in [1.29, 1.82) is 0 Å². The number of piperidine rings is 1. The summed E-state index contributed by atoms with van der Waals surface area (Å²) >= 11 is 0. The van der Waals surface area contributed by atoms with Gasteiger partial charge in [0.25, 0.3) is 11.7 Å². The number of ether oxygens (including phenoxy) is 6. The lowest BCUT2D eigenvalue weighted by Gasteiger charge is -2.46. The summed E-state index contributed by atoms with van der Waals surface area (Å²) in [7, 11) is 4.52. The van der Waals surface area contributed by atoms with Crippen LogP contribution in [0.5, 0.6) is 0 Å². The van der Waals surface area contributed by atoms with Gasteiger partial charge in [-0.1, -0.05) is 30.7 Å². The third kappa shape index (κ3) is 12.2. The zero-order valence-corrected chi connectivity index (χ0v) is 36.1. The van der Waals surface area contributed by atoms with E-state index in [9.17, 15) is 34.2 Å². The van der Waals surface area contributed by atoms with Crippen molar-refractivity contribution in [1.82, 2.24) is 4.90 Å². The Morgan fingerprint density at radius 2 is 1.70 bits per heavy atom. The normalized spacial score (nSPS) is 38.2. The smallest absolute Gasteiger partial charge is 0.329 e. The number of fused-ring (bicyclic) bond motifs is 3. The molecule has 0 aromatic carbocycles. The number of hydrogen-bond acceptors (Lipinski definition) is 14. The Hall–Kier alpha value is -3.35. The maximum absolute atomic E-state index is 14.3. The molecule has 1 aliphatic carbocycles. The number of hydrogen-bond donors (Lipinski definition) is 4. The van der Waals surface area contributed by atoms with Crippen molar-refractivity contribution in [2.24, 2.45) is 23.5 Å². The lowest BCUT2D eigenvalue weighted by molar-refractivity contribution is -0.302. The van der Waals surface area contributed by atoms with Crippen LogP contribution in [0, 0.1) is 17.8 Å². The fraction of sp³-hybridized carbons (Fsp3) is 0.750. The number of nitrogens with zero attached hydrogens (tertiary/aromatic N) is 1. The minimum absolute atomic E-state index is 0.0327. The Kier molecular flexibility index (Phi) is 18.6. The minimum Gasteiger partial charge on any atom is -0.480 e. The highest BCUT2D eigenvalue weighted by Crippen LogP contribution is 2.39. The number of aliphatic hydroxyl groups excluding tert-OH is 1.